The van der Waals surface area contributed by atoms with Crippen LogP contribution in [0.5, 0.6) is 5.75 Å². The largest absolute Gasteiger partial charge is 0.491 e. The molecule has 0 atom stereocenters. The van der Waals surface area contributed by atoms with E-state index >= 15 is 0 Å². The Hall–Kier alpha value is -4.66. The molecule has 0 spiro atoms. The van der Waals surface area contributed by atoms with Gasteiger partial charge < -0.3 is 19.3 Å². The van der Waals surface area contributed by atoms with Crippen molar-refractivity contribution in [2.75, 3.05) is 32.8 Å². The lowest BCUT2D eigenvalue weighted by Gasteiger charge is -2.35. The highest BCUT2D eigenvalue weighted by Gasteiger charge is 2.41. The second-order valence-electron chi connectivity index (χ2n) is 12.3. The van der Waals surface area contributed by atoms with Gasteiger partial charge in [-0.25, -0.2) is 9.79 Å². The number of rotatable bonds is 6. The van der Waals surface area contributed by atoms with Gasteiger partial charge in [0, 0.05) is 26.2 Å². The predicted molar refractivity (Wildman–Crippen MR) is 161 cm³/mol. The number of alkyl halides is 3. The summed E-state index contributed by atoms with van der Waals surface area (Å²) in [6.45, 7) is 6.40. The minimum Gasteiger partial charge on any atom is -0.491 e. The van der Waals surface area contributed by atoms with Crippen molar-refractivity contribution in [3.8, 4) is 5.75 Å². The average Bonchev–Trinajstić information content (AvgIpc) is 3.26. The fourth-order valence-corrected chi connectivity index (χ4v) is 5.41. The zero-order valence-corrected chi connectivity index (χ0v) is 26.3. The average molecular weight is 660 g/mol. The van der Waals surface area contributed by atoms with E-state index in [2.05, 4.69) is 4.99 Å². The zero-order valence-electron chi connectivity index (χ0n) is 26.3. The van der Waals surface area contributed by atoms with E-state index in [1.54, 1.807) is 67.0 Å². The van der Waals surface area contributed by atoms with Gasteiger partial charge in [0.1, 0.15) is 24.6 Å². The number of carbonyl (C=O) groups is 4. The molecule has 4 amide bonds. The first kappa shape index (κ1) is 33.7. The van der Waals surface area contributed by atoms with Crippen molar-refractivity contribution in [1.29, 1.82) is 0 Å². The number of nitrogens with one attached hydrogen (secondary N) is 1. The van der Waals surface area contributed by atoms with Gasteiger partial charge in [-0.15, -0.1) is 5.06 Å². The van der Waals surface area contributed by atoms with Crippen molar-refractivity contribution in [1.82, 2.24) is 20.2 Å². The number of amides is 4. The molecule has 0 bridgehead atoms. The topological polar surface area (TPSA) is 130 Å². The van der Waals surface area contributed by atoms with E-state index in [1.165, 1.54) is 0 Å². The molecule has 0 radical (unpaired) electrons. The van der Waals surface area contributed by atoms with Crippen molar-refractivity contribution < 1.29 is 46.7 Å². The molecule has 15 heteroatoms. The highest BCUT2D eigenvalue weighted by molar-refractivity contribution is 6.20. The Morgan fingerprint density at radius 1 is 0.915 bits per heavy atom. The SMILES string of the molecule is CC(C)(C)OC(=O)N1CCC(N=C(NC(=O)C(F)(F)F)N2CCc3cc(OCCON4C(=O)c5ccccc5C4=O)ccc3C2)CC1. The van der Waals surface area contributed by atoms with Crippen LogP contribution in [0.3, 0.4) is 0 Å². The summed E-state index contributed by atoms with van der Waals surface area (Å²) in [6.07, 6.45) is -4.32. The van der Waals surface area contributed by atoms with Gasteiger partial charge in [-0.3, -0.25) is 24.5 Å². The fraction of sp³-hybridized carbons (Fsp3) is 0.469. The molecule has 3 aliphatic heterocycles. The van der Waals surface area contributed by atoms with E-state index in [-0.39, 0.29) is 43.4 Å². The first-order valence-corrected chi connectivity index (χ1v) is 15.2. The molecular formula is C32H36F3N5O7. The van der Waals surface area contributed by atoms with Crippen molar-refractivity contribution in [2.45, 2.75) is 64.4 Å². The second-order valence-corrected chi connectivity index (χ2v) is 12.3. The van der Waals surface area contributed by atoms with Crippen molar-refractivity contribution >= 4 is 29.8 Å². The number of nitrogens with zero attached hydrogens (tertiary/aromatic N) is 4. The van der Waals surface area contributed by atoms with Crippen molar-refractivity contribution in [3.05, 3.63) is 64.7 Å². The maximum atomic E-state index is 13.2. The van der Waals surface area contributed by atoms with E-state index in [4.69, 9.17) is 14.3 Å². The molecule has 0 aliphatic carbocycles. The van der Waals surface area contributed by atoms with Gasteiger partial charge in [0.25, 0.3) is 11.8 Å². The van der Waals surface area contributed by atoms with Crippen LogP contribution >= 0.6 is 0 Å². The molecule has 1 N–H and O–H groups in total. The number of carbonyl (C=O) groups excluding carboxylic acids is 4. The monoisotopic (exact) mass is 659 g/mol. The number of benzene rings is 2. The maximum absolute atomic E-state index is 13.2. The normalized spacial score (nSPS) is 17.4. The molecule has 2 aromatic rings. The summed E-state index contributed by atoms with van der Waals surface area (Å²) < 4.78 is 50.9. The lowest BCUT2D eigenvalue weighted by molar-refractivity contribution is -0.172. The second kappa shape index (κ2) is 13.6. The third-order valence-corrected chi connectivity index (χ3v) is 7.72. The number of piperidine rings is 1. The molecule has 3 heterocycles. The van der Waals surface area contributed by atoms with Crippen LogP contribution < -0.4 is 10.1 Å². The van der Waals surface area contributed by atoms with Gasteiger partial charge in [0.05, 0.1) is 17.2 Å². The lowest BCUT2D eigenvalue weighted by Crippen LogP contribution is -2.51. The van der Waals surface area contributed by atoms with E-state index in [0.29, 0.717) is 38.1 Å². The molecule has 0 saturated carbocycles. The first-order chi connectivity index (χ1) is 22.2. The van der Waals surface area contributed by atoms with Crippen molar-refractivity contribution in [3.63, 3.8) is 0 Å². The molecule has 1 fully saturated rings. The fourth-order valence-electron chi connectivity index (χ4n) is 5.41. The highest BCUT2D eigenvalue weighted by Crippen LogP contribution is 2.26. The number of likely N-dealkylation sites (tertiary alicyclic amines) is 1. The molecule has 252 valence electrons. The number of imide groups is 1. The minimum absolute atomic E-state index is 0.0470. The van der Waals surface area contributed by atoms with Crippen molar-refractivity contribution in [2.24, 2.45) is 4.99 Å². The van der Waals surface area contributed by atoms with Crippen LogP contribution in [-0.2, 0) is 27.3 Å². The third-order valence-electron chi connectivity index (χ3n) is 7.72. The van der Waals surface area contributed by atoms with Gasteiger partial charge in [0.2, 0.25) is 5.96 Å². The van der Waals surface area contributed by atoms with E-state index in [0.717, 1.165) is 16.2 Å². The predicted octanol–water partition coefficient (Wildman–Crippen LogP) is 4.09. The van der Waals surface area contributed by atoms with Crippen LogP contribution in [0.1, 0.15) is 65.5 Å². The Labute approximate surface area is 269 Å². The van der Waals surface area contributed by atoms with Crippen LogP contribution in [0.25, 0.3) is 0 Å². The number of aliphatic imine (C=N–C) groups is 1. The number of hydroxylamine groups is 2. The summed E-state index contributed by atoms with van der Waals surface area (Å²) in [6, 6.07) is 11.3. The van der Waals surface area contributed by atoms with Gasteiger partial charge in [-0.1, -0.05) is 18.2 Å². The summed E-state index contributed by atoms with van der Waals surface area (Å²) in [5.74, 6) is -2.84. The molecule has 47 heavy (non-hydrogen) atoms. The van der Waals surface area contributed by atoms with Gasteiger partial charge >= 0.3 is 18.2 Å². The van der Waals surface area contributed by atoms with Crippen LogP contribution in [-0.4, -0.2) is 95.3 Å². The maximum Gasteiger partial charge on any atom is 0.471 e. The van der Waals surface area contributed by atoms with E-state index < -0.39 is 41.6 Å². The highest BCUT2D eigenvalue weighted by atomic mass is 19.4. The molecule has 0 unspecified atom stereocenters. The molecule has 1 saturated heterocycles. The number of fused-ring (bicyclic) bond motifs is 2. The standard InChI is InChI=1S/C32H36F3N5O7/c1-31(2,3)47-30(44)38-14-11-22(12-15-38)36-29(37-28(43)32(33,34)35)39-13-10-20-18-23(9-8-21(20)19-39)45-16-17-46-40-26(41)24-6-4-5-7-25(24)27(40)42/h4-9,18,22H,10-17,19H2,1-3H3,(H,36,37,43). The van der Waals surface area contributed by atoms with E-state index in [9.17, 15) is 32.3 Å². The summed E-state index contributed by atoms with van der Waals surface area (Å²) in [5.41, 5.74) is 1.62. The Morgan fingerprint density at radius 3 is 2.19 bits per heavy atom. The third kappa shape index (κ3) is 8.20. The summed E-state index contributed by atoms with van der Waals surface area (Å²) in [4.78, 5) is 62.3. The van der Waals surface area contributed by atoms with Gasteiger partial charge in [-0.2, -0.15) is 13.2 Å². The molecule has 2 aromatic carbocycles. The molecule has 12 nitrogen and oxygen atoms in total. The molecule has 5 rings (SSSR count). The van der Waals surface area contributed by atoms with Crippen LogP contribution in [0.4, 0.5) is 18.0 Å². The summed E-state index contributed by atoms with van der Waals surface area (Å²) in [7, 11) is 0. The van der Waals surface area contributed by atoms with Crippen LogP contribution in [0, 0.1) is 0 Å². The van der Waals surface area contributed by atoms with Crippen LogP contribution in [0.15, 0.2) is 47.5 Å². The minimum atomic E-state index is -5.09. The smallest absolute Gasteiger partial charge is 0.471 e. The van der Waals surface area contributed by atoms with Gasteiger partial charge in [-0.05, 0) is 75.4 Å². The Bertz CT molecular complexity index is 1530. The lowest BCUT2D eigenvalue weighted by atomic mass is 9.99. The Balaban J connectivity index is 1.18. The number of hydrogen-bond acceptors (Lipinski definition) is 8. The number of hydrogen-bond donors (Lipinski definition) is 1. The summed E-state index contributed by atoms with van der Waals surface area (Å²) in [5, 5.41) is 2.69. The van der Waals surface area contributed by atoms with Gasteiger partial charge in [0.15, 0.2) is 0 Å². The Morgan fingerprint density at radius 2 is 1.57 bits per heavy atom. The molecular weight excluding hydrogens is 623 g/mol. The first-order valence-electron chi connectivity index (χ1n) is 15.2. The number of ether oxygens (including phenoxy) is 2. The molecule has 0 aromatic heterocycles. The summed E-state index contributed by atoms with van der Waals surface area (Å²) >= 11 is 0. The number of guanidine groups is 1. The molecule has 3 aliphatic rings. The zero-order chi connectivity index (χ0) is 33.9. The van der Waals surface area contributed by atoms with Crippen LogP contribution in [0.2, 0.25) is 0 Å². The van der Waals surface area contributed by atoms with E-state index in [1.807, 2.05) is 11.4 Å². The Kier molecular flexibility index (Phi) is 9.75. The number of halogens is 3. The quantitative estimate of drug-likeness (QED) is 0.213.